The number of amides is 1. The molecule has 1 amide bonds. The van der Waals surface area contributed by atoms with Gasteiger partial charge in [-0.2, -0.15) is 0 Å². The summed E-state index contributed by atoms with van der Waals surface area (Å²) in [5, 5.41) is 6.89. The van der Waals surface area contributed by atoms with E-state index < -0.39 is 0 Å². The average Bonchev–Trinajstić information content (AvgIpc) is 2.54. The summed E-state index contributed by atoms with van der Waals surface area (Å²) >= 11 is 11.9. The standard InChI is InChI=1S/C17H18Cl2N2O2/c1-23-14-4-2-3-12(9-14)7-8-20-17(22)11-21-16-6-5-13(18)10-15(16)19/h2-6,9-10,21H,7-8,11H2,1H3,(H,20,22). The first-order valence-corrected chi connectivity index (χ1v) is 7.92. The minimum absolute atomic E-state index is 0.0982. The van der Waals surface area contributed by atoms with E-state index in [2.05, 4.69) is 10.6 Å². The van der Waals surface area contributed by atoms with Gasteiger partial charge in [0, 0.05) is 11.6 Å². The number of ether oxygens (including phenoxy) is 1. The van der Waals surface area contributed by atoms with E-state index in [0.29, 0.717) is 22.3 Å². The SMILES string of the molecule is COc1cccc(CCNC(=O)CNc2ccc(Cl)cc2Cl)c1. The summed E-state index contributed by atoms with van der Waals surface area (Å²) < 4.78 is 5.17. The Balaban J connectivity index is 1.74. The van der Waals surface area contributed by atoms with Gasteiger partial charge < -0.3 is 15.4 Å². The minimum atomic E-state index is -0.0982. The van der Waals surface area contributed by atoms with E-state index in [0.717, 1.165) is 17.7 Å². The third-order valence-corrected chi connectivity index (χ3v) is 3.79. The normalized spacial score (nSPS) is 10.2. The van der Waals surface area contributed by atoms with Crippen LogP contribution in [0.25, 0.3) is 0 Å². The highest BCUT2D eigenvalue weighted by atomic mass is 35.5. The van der Waals surface area contributed by atoms with Crippen LogP contribution in [0.5, 0.6) is 5.75 Å². The molecule has 0 aliphatic carbocycles. The number of hydrogen-bond donors (Lipinski definition) is 2. The van der Waals surface area contributed by atoms with Gasteiger partial charge in [-0.25, -0.2) is 0 Å². The van der Waals surface area contributed by atoms with Crippen molar-refractivity contribution in [1.29, 1.82) is 0 Å². The fourth-order valence-corrected chi connectivity index (χ4v) is 2.52. The molecule has 2 N–H and O–H groups in total. The highest BCUT2D eigenvalue weighted by Crippen LogP contribution is 2.24. The number of anilines is 1. The van der Waals surface area contributed by atoms with Gasteiger partial charge >= 0.3 is 0 Å². The van der Waals surface area contributed by atoms with Crippen LogP contribution in [-0.4, -0.2) is 26.1 Å². The number of hydrogen-bond acceptors (Lipinski definition) is 3. The Kier molecular flexibility index (Phi) is 6.56. The van der Waals surface area contributed by atoms with Crippen molar-refractivity contribution in [3.63, 3.8) is 0 Å². The van der Waals surface area contributed by atoms with Crippen molar-refractivity contribution >= 4 is 34.8 Å². The van der Waals surface area contributed by atoms with E-state index in [4.69, 9.17) is 27.9 Å². The van der Waals surface area contributed by atoms with Gasteiger partial charge in [-0.15, -0.1) is 0 Å². The van der Waals surface area contributed by atoms with E-state index in [1.54, 1.807) is 25.3 Å². The van der Waals surface area contributed by atoms with E-state index in [1.807, 2.05) is 24.3 Å². The van der Waals surface area contributed by atoms with Crippen molar-refractivity contribution in [3.8, 4) is 5.75 Å². The third kappa shape index (κ3) is 5.66. The Morgan fingerprint density at radius 1 is 1.17 bits per heavy atom. The molecule has 23 heavy (non-hydrogen) atoms. The largest absolute Gasteiger partial charge is 0.497 e. The Morgan fingerprint density at radius 2 is 2.00 bits per heavy atom. The molecule has 122 valence electrons. The molecule has 0 unspecified atom stereocenters. The molecule has 2 aromatic rings. The van der Waals surface area contributed by atoms with Gasteiger partial charge in [0.25, 0.3) is 0 Å². The van der Waals surface area contributed by atoms with Crippen LogP contribution >= 0.6 is 23.2 Å². The Bertz CT molecular complexity index is 677. The highest BCUT2D eigenvalue weighted by molar-refractivity contribution is 6.36. The molecule has 0 aliphatic heterocycles. The van der Waals surface area contributed by atoms with E-state index in [1.165, 1.54) is 0 Å². The van der Waals surface area contributed by atoms with Gasteiger partial charge in [0.05, 0.1) is 24.4 Å². The molecule has 0 aromatic heterocycles. The molecule has 0 aliphatic rings. The lowest BCUT2D eigenvalue weighted by Gasteiger charge is -2.10. The number of nitrogens with one attached hydrogen (secondary N) is 2. The van der Waals surface area contributed by atoms with Crippen LogP contribution < -0.4 is 15.4 Å². The molecule has 0 bridgehead atoms. The summed E-state index contributed by atoms with van der Waals surface area (Å²) in [5.74, 6) is 0.715. The lowest BCUT2D eigenvalue weighted by Crippen LogP contribution is -2.31. The summed E-state index contributed by atoms with van der Waals surface area (Å²) in [6.45, 7) is 0.710. The van der Waals surface area contributed by atoms with Crippen LogP contribution in [0.3, 0.4) is 0 Å². The van der Waals surface area contributed by atoms with Gasteiger partial charge in [-0.3, -0.25) is 4.79 Å². The molecule has 0 spiro atoms. The minimum Gasteiger partial charge on any atom is -0.497 e. The van der Waals surface area contributed by atoms with Gasteiger partial charge in [0.15, 0.2) is 0 Å². The maximum absolute atomic E-state index is 11.8. The smallest absolute Gasteiger partial charge is 0.239 e. The second-order valence-corrected chi connectivity index (χ2v) is 5.77. The quantitative estimate of drug-likeness (QED) is 0.797. The summed E-state index contributed by atoms with van der Waals surface area (Å²) in [5.41, 5.74) is 1.79. The number of methoxy groups -OCH3 is 1. The maximum atomic E-state index is 11.8. The molecular weight excluding hydrogens is 335 g/mol. The first-order chi connectivity index (χ1) is 11.1. The molecule has 6 heteroatoms. The highest BCUT2D eigenvalue weighted by Gasteiger charge is 2.04. The Labute approximate surface area is 145 Å². The van der Waals surface area contributed by atoms with Crippen molar-refractivity contribution in [2.45, 2.75) is 6.42 Å². The second-order valence-electron chi connectivity index (χ2n) is 4.93. The van der Waals surface area contributed by atoms with Gasteiger partial charge in [0.2, 0.25) is 5.91 Å². The molecule has 2 aromatic carbocycles. The zero-order valence-corrected chi connectivity index (χ0v) is 14.2. The molecule has 0 saturated heterocycles. The fraction of sp³-hybridized carbons (Fsp3) is 0.235. The number of halogens is 2. The van der Waals surface area contributed by atoms with Crippen LogP contribution in [0.4, 0.5) is 5.69 Å². The number of rotatable bonds is 7. The van der Waals surface area contributed by atoms with Crippen LogP contribution in [-0.2, 0) is 11.2 Å². The molecule has 0 atom stereocenters. The molecule has 0 radical (unpaired) electrons. The van der Waals surface area contributed by atoms with Crippen molar-refractivity contribution in [3.05, 3.63) is 58.1 Å². The first-order valence-electron chi connectivity index (χ1n) is 7.17. The number of carbonyl (C=O) groups is 1. The van der Waals surface area contributed by atoms with Gasteiger partial charge in [-0.05, 0) is 42.3 Å². The zero-order chi connectivity index (χ0) is 16.7. The molecule has 0 heterocycles. The molecule has 0 fully saturated rings. The molecule has 0 saturated carbocycles. The number of carbonyl (C=O) groups excluding carboxylic acids is 1. The monoisotopic (exact) mass is 352 g/mol. The van der Waals surface area contributed by atoms with E-state index in [9.17, 15) is 4.79 Å². The fourth-order valence-electron chi connectivity index (χ4n) is 2.05. The zero-order valence-electron chi connectivity index (χ0n) is 12.7. The third-order valence-electron chi connectivity index (χ3n) is 3.24. The van der Waals surface area contributed by atoms with Crippen molar-refractivity contribution < 1.29 is 9.53 Å². The van der Waals surface area contributed by atoms with Crippen LogP contribution in [0, 0.1) is 0 Å². The summed E-state index contributed by atoms with van der Waals surface area (Å²) in [6.07, 6.45) is 0.741. The average molecular weight is 353 g/mol. The van der Waals surface area contributed by atoms with Crippen molar-refractivity contribution in [2.75, 3.05) is 25.5 Å². The molecule has 4 nitrogen and oxygen atoms in total. The van der Waals surface area contributed by atoms with Crippen LogP contribution in [0.2, 0.25) is 10.0 Å². The predicted octanol–water partition coefficient (Wildman–Crippen LogP) is 3.77. The van der Waals surface area contributed by atoms with E-state index in [-0.39, 0.29) is 12.5 Å². The predicted molar refractivity (Wildman–Crippen MR) is 94.7 cm³/mol. The lowest BCUT2D eigenvalue weighted by molar-refractivity contribution is -0.119. The Hall–Kier alpha value is -1.91. The topological polar surface area (TPSA) is 50.4 Å². The summed E-state index contributed by atoms with van der Waals surface area (Å²) in [7, 11) is 1.63. The number of benzene rings is 2. The Morgan fingerprint density at radius 3 is 2.74 bits per heavy atom. The maximum Gasteiger partial charge on any atom is 0.239 e. The first kappa shape index (κ1) is 17.4. The second kappa shape index (κ2) is 8.65. The van der Waals surface area contributed by atoms with E-state index >= 15 is 0 Å². The lowest BCUT2D eigenvalue weighted by atomic mass is 10.1. The molecular formula is C17H18Cl2N2O2. The van der Waals surface area contributed by atoms with Gasteiger partial charge in [-0.1, -0.05) is 35.3 Å². The summed E-state index contributed by atoms with van der Waals surface area (Å²) in [6, 6.07) is 12.9. The van der Waals surface area contributed by atoms with Crippen LogP contribution in [0.15, 0.2) is 42.5 Å². The van der Waals surface area contributed by atoms with Gasteiger partial charge in [0.1, 0.15) is 5.75 Å². The molecule has 2 rings (SSSR count). The summed E-state index contributed by atoms with van der Waals surface area (Å²) in [4.78, 5) is 11.8. The van der Waals surface area contributed by atoms with Crippen molar-refractivity contribution in [2.24, 2.45) is 0 Å². The van der Waals surface area contributed by atoms with Crippen LogP contribution in [0.1, 0.15) is 5.56 Å². The van der Waals surface area contributed by atoms with Crippen molar-refractivity contribution in [1.82, 2.24) is 5.32 Å².